The number of nitrogens with one attached hydrogen (secondary N) is 1. The highest BCUT2D eigenvalue weighted by Gasteiger charge is 2.24. The molecule has 0 bridgehead atoms. The van der Waals surface area contributed by atoms with Crippen LogP contribution in [0.2, 0.25) is 0 Å². The van der Waals surface area contributed by atoms with Gasteiger partial charge in [0, 0.05) is 49.6 Å². The maximum atomic E-state index is 13.2. The van der Waals surface area contributed by atoms with E-state index in [-0.39, 0.29) is 18.1 Å². The standard InChI is InChI=1S/C24H34N6O3/c1-16(25)23(17(2)26-3)18-13-21(29-22(14-18)30-10-9-27-15-30)24(31)28-19-5-7-20(8-6-19)33-12-11-32-4/h9-10,13-15,19-20H,5-8,11-12,25H2,1-4H3,(H,28,31). The topological polar surface area (TPSA) is 117 Å². The second-order valence-corrected chi connectivity index (χ2v) is 8.25. The smallest absolute Gasteiger partial charge is 0.270 e. The maximum Gasteiger partial charge on any atom is 0.270 e. The molecule has 3 rings (SSSR count). The van der Waals surface area contributed by atoms with E-state index in [4.69, 9.17) is 15.2 Å². The number of pyridine rings is 1. The Bertz CT molecular complexity index is 988. The van der Waals surface area contributed by atoms with Gasteiger partial charge in [0.25, 0.3) is 5.91 Å². The van der Waals surface area contributed by atoms with Crippen molar-refractivity contribution in [2.45, 2.75) is 51.7 Å². The SMILES string of the molecule is CN=C(C)C(=C(C)N)c1cc(C(=O)NC2CCC(OCCOC)CC2)nc(-n2ccnc2)c1. The summed E-state index contributed by atoms with van der Waals surface area (Å²) in [6.45, 7) is 4.92. The number of hydrogen-bond donors (Lipinski definition) is 2. The molecule has 9 heteroatoms. The molecule has 1 fully saturated rings. The van der Waals surface area contributed by atoms with Gasteiger partial charge < -0.3 is 20.5 Å². The third-order valence-corrected chi connectivity index (χ3v) is 5.84. The van der Waals surface area contributed by atoms with E-state index in [2.05, 4.69) is 20.3 Å². The highest BCUT2D eigenvalue weighted by Crippen LogP contribution is 2.24. The van der Waals surface area contributed by atoms with E-state index in [1.807, 2.05) is 19.9 Å². The Morgan fingerprint density at radius 2 is 2.00 bits per heavy atom. The van der Waals surface area contributed by atoms with Crippen molar-refractivity contribution in [3.05, 3.63) is 47.8 Å². The second kappa shape index (κ2) is 11.7. The van der Waals surface area contributed by atoms with Crippen molar-refractivity contribution >= 4 is 17.2 Å². The molecular weight excluding hydrogens is 420 g/mol. The van der Waals surface area contributed by atoms with Crippen molar-refractivity contribution in [3.8, 4) is 5.82 Å². The number of hydrogen-bond acceptors (Lipinski definition) is 7. The fourth-order valence-electron chi connectivity index (χ4n) is 4.07. The molecule has 0 saturated heterocycles. The first-order chi connectivity index (χ1) is 15.9. The van der Waals surface area contributed by atoms with Crippen LogP contribution in [0.15, 0.2) is 41.5 Å². The van der Waals surface area contributed by atoms with E-state index in [1.54, 1.807) is 43.5 Å². The number of aromatic nitrogens is 3. The molecule has 0 unspecified atom stereocenters. The molecule has 2 aromatic heterocycles. The minimum absolute atomic E-state index is 0.0899. The first kappa shape index (κ1) is 24.6. The quantitative estimate of drug-likeness (QED) is 0.444. The first-order valence-electron chi connectivity index (χ1n) is 11.2. The fraction of sp³-hybridized carbons (Fsp3) is 0.500. The normalized spacial score (nSPS) is 19.8. The molecule has 33 heavy (non-hydrogen) atoms. The van der Waals surface area contributed by atoms with Crippen LogP contribution < -0.4 is 11.1 Å². The molecule has 2 aromatic rings. The molecule has 0 spiro atoms. The predicted molar refractivity (Wildman–Crippen MR) is 129 cm³/mol. The molecule has 1 saturated carbocycles. The van der Waals surface area contributed by atoms with Crippen molar-refractivity contribution in [1.29, 1.82) is 0 Å². The summed E-state index contributed by atoms with van der Waals surface area (Å²) in [7, 11) is 3.39. The molecule has 178 valence electrons. The largest absolute Gasteiger partial charge is 0.402 e. The predicted octanol–water partition coefficient (Wildman–Crippen LogP) is 2.75. The van der Waals surface area contributed by atoms with Crippen molar-refractivity contribution in [2.75, 3.05) is 27.4 Å². The minimum atomic E-state index is -0.206. The van der Waals surface area contributed by atoms with Crippen LogP contribution in [0.25, 0.3) is 11.4 Å². The van der Waals surface area contributed by atoms with Crippen LogP contribution in [0.3, 0.4) is 0 Å². The fourth-order valence-corrected chi connectivity index (χ4v) is 4.07. The maximum absolute atomic E-state index is 13.2. The van der Waals surface area contributed by atoms with Gasteiger partial charge in [-0.3, -0.25) is 14.4 Å². The first-order valence-corrected chi connectivity index (χ1v) is 11.2. The molecule has 1 aliphatic rings. The summed E-state index contributed by atoms with van der Waals surface area (Å²) in [5.74, 6) is 0.384. The highest BCUT2D eigenvalue weighted by molar-refractivity contribution is 6.23. The molecule has 3 N–H and O–H groups in total. The van der Waals surface area contributed by atoms with Gasteiger partial charge in [-0.15, -0.1) is 0 Å². The van der Waals surface area contributed by atoms with Crippen molar-refractivity contribution in [1.82, 2.24) is 19.9 Å². The monoisotopic (exact) mass is 454 g/mol. The summed E-state index contributed by atoms with van der Waals surface area (Å²) in [4.78, 5) is 26.2. The number of ether oxygens (including phenoxy) is 2. The summed E-state index contributed by atoms with van der Waals surface area (Å²) in [6.07, 6.45) is 8.89. The number of carbonyl (C=O) groups excluding carboxylic acids is 1. The van der Waals surface area contributed by atoms with Crippen molar-refractivity contribution in [3.63, 3.8) is 0 Å². The summed E-state index contributed by atoms with van der Waals surface area (Å²) in [5, 5.41) is 3.15. The van der Waals surface area contributed by atoms with Crippen LogP contribution in [0, 0.1) is 0 Å². The lowest BCUT2D eigenvalue weighted by Crippen LogP contribution is -2.39. The number of imidazole rings is 1. The van der Waals surface area contributed by atoms with Gasteiger partial charge in [-0.2, -0.15) is 0 Å². The number of amides is 1. The van der Waals surface area contributed by atoms with Gasteiger partial charge in [0.05, 0.1) is 19.3 Å². The molecule has 0 aromatic carbocycles. The number of nitrogens with zero attached hydrogens (tertiary/aromatic N) is 4. The summed E-state index contributed by atoms with van der Waals surface area (Å²) in [6, 6.07) is 3.75. The third kappa shape index (κ3) is 6.49. The Hall–Kier alpha value is -3.04. The van der Waals surface area contributed by atoms with Crippen LogP contribution in [0.1, 0.15) is 55.6 Å². The number of carbonyl (C=O) groups is 1. The zero-order valence-corrected chi connectivity index (χ0v) is 19.9. The second-order valence-electron chi connectivity index (χ2n) is 8.25. The highest BCUT2D eigenvalue weighted by atomic mass is 16.5. The number of aliphatic imine (C=N–C) groups is 1. The molecule has 0 aliphatic heterocycles. The Morgan fingerprint density at radius 1 is 1.24 bits per heavy atom. The lowest BCUT2D eigenvalue weighted by molar-refractivity contribution is -0.00409. The summed E-state index contributed by atoms with van der Waals surface area (Å²) >= 11 is 0. The van der Waals surface area contributed by atoms with Gasteiger partial charge >= 0.3 is 0 Å². The summed E-state index contributed by atoms with van der Waals surface area (Å²) in [5.41, 5.74) is 9.51. The van der Waals surface area contributed by atoms with Gasteiger partial charge in [0.15, 0.2) is 0 Å². The van der Waals surface area contributed by atoms with Gasteiger partial charge in [-0.1, -0.05) is 0 Å². The molecule has 1 amide bonds. The van der Waals surface area contributed by atoms with Gasteiger partial charge in [0.2, 0.25) is 0 Å². The molecule has 0 radical (unpaired) electrons. The number of allylic oxidation sites excluding steroid dienone is 2. The Labute approximate surface area is 195 Å². The number of nitrogens with two attached hydrogens (primary N) is 1. The van der Waals surface area contributed by atoms with E-state index in [0.29, 0.717) is 30.4 Å². The zero-order valence-electron chi connectivity index (χ0n) is 19.9. The van der Waals surface area contributed by atoms with E-state index < -0.39 is 0 Å². The Kier molecular flexibility index (Phi) is 8.73. The van der Waals surface area contributed by atoms with Gasteiger partial charge in [-0.05, 0) is 57.2 Å². The molecule has 2 heterocycles. The van der Waals surface area contributed by atoms with Gasteiger partial charge in [0.1, 0.15) is 17.8 Å². The van der Waals surface area contributed by atoms with Crippen LogP contribution in [-0.2, 0) is 9.47 Å². The number of rotatable bonds is 9. The van der Waals surface area contributed by atoms with Crippen molar-refractivity contribution in [2.24, 2.45) is 10.7 Å². The average molecular weight is 455 g/mol. The van der Waals surface area contributed by atoms with Crippen LogP contribution in [0.5, 0.6) is 0 Å². The molecular formula is C24H34N6O3. The lowest BCUT2D eigenvalue weighted by atomic mass is 9.92. The number of methoxy groups -OCH3 is 1. The summed E-state index contributed by atoms with van der Waals surface area (Å²) < 4.78 is 12.6. The van der Waals surface area contributed by atoms with Crippen LogP contribution >= 0.6 is 0 Å². The van der Waals surface area contributed by atoms with E-state index in [0.717, 1.165) is 42.5 Å². The van der Waals surface area contributed by atoms with Crippen LogP contribution in [0.4, 0.5) is 0 Å². The minimum Gasteiger partial charge on any atom is -0.402 e. The van der Waals surface area contributed by atoms with Crippen molar-refractivity contribution < 1.29 is 14.3 Å². The van der Waals surface area contributed by atoms with E-state index in [9.17, 15) is 4.79 Å². The average Bonchev–Trinajstić information content (AvgIpc) is 3.35. The Morgan fingerprint density at radius 3 is 2.61 bits per heavy atom. The van der Waals surface area contributed by atoms with E-state index in [1.165, 1.54) is 0 Å². The van der Waals surface area contributed by atoms with Gasteiger partial charge in [-0.25, -0.2) is 9.97 Å². The van der Waals surface area contributed by atoms with Crippen LogP contribution in [-0.4, -0.2) is 65.7 Å². The third-order valence-electron chi connectivity index (χ3n) is 5.84. The molecule has 0 atom stereocenters. The molecule has 1 aliphatic carbocycles. The van der Waals surface area contributed by atoms with E-state index >= 15 is 0 Å². The zero-order chi connectivity index (χ0) is 23.8. The molecule has 9 nitrogen and oxygen atoms in total. The lowest BCUT2D eigenvalue weighted by Gasteiger charge is -2.29. The Balaban J connectivity index is 1.80.